The lowest BCUT2D eigenvalue weighted by molar-refractivity contribution is -0.384. The number of amides is 1. The third kappa shape index (κ3) is 2.01. The van der Waals surface area contributed by atoms with Gasteiger partial charge in [0.25, 0.3) is 5.69 Å². The largest absolute Gasteiger partial charge is 0.353 e. The first-order valence-electron chi connectivity index (χ1n) is 4.94. The van der Waals surface area contributed by atoms with E-state index in [1.165, 1.54) is 12.1 Å². The van der Waals surface area contributed by atoms with E-state index < -0.39 is 11.0 Å². The maximum Gasteiger partial charge on any atom is 0.269 e. The number of nitrogens with zero attached hydrogens (tertiary/aromatic N) is 1. The summed E-state index contributed by atoms with van der Waals surface area (Å²) >= 11 is 0. The molecule has 1 amide bonds. The molecule has 0 spiro atoms. The predicted octanol–water partition coefficient (Wildman–Crippen LogP) is 0.355. The van der Waals surface area contributed by atoms with Crippen LogP contribution in [0.25, 0.3) is 0 Å². The van der Waals surface area contributed by atoms with Gasteiger partial charge in [-0.1, -0.05) is 12.1 Å². The Morgan fingerprint density at radius 2 is 1.94 bits per heavy atom. The van der Waals surface area contributed by atoms with Crippen molar-refractivity contribution in [3.05, 3.63) is 39.9 Å². The molecule has 0 unspecified atom stereocenters. The number of carbonyl (C=O) groups is 1. The van der Waals surface area contributed by atoms with Gasteiger partial charge in [-0.2, -0.15) is 0 Å². The first kappa shape index (κ1) is 10.6. The average molecular weight is 221 g/mol. The number of piperazine rings is 1. The summed E-state index contributed by atoms with van der Waals surface area (Å²) < 4.78 is 0. The fourth-order valence-electron chi connectivity index (χ4n) is 1.65. The monoisotopic (exact) mass is 221 g/mol. The molecule has 0 aromatic heterocycles. The molecule has 16 heavy (non-hydrogen) atoms. The van der Waals surface area contributed by atoms with E-state index in [4.69, 9.17) is 0 Å². The van der Waals surface area contributed by atoms with Crippen LogP contribution >= 0.6 is 0 Å². The summed E-state index contributed by atoms with van der Waals surface area (Å²) in [5.41, 5.74) is 0.766. The Bertz CT molecular complexity index is 416. The van der Waals surface area contributed by atoms with Gasteiger partial charge in [0.15, 0.2) is 0 Å². The molecule has 1 atom stereocenters. The molecule has 2 rings (SSSR count). The van der Waals surface area contributed by atoms with E-state index in [1.807, 2.05) is 0 Å². The van der Waals surface area contributed by atoms with Crippen molar-refractivity contribution in [3.63, 3.8) is 0 Å². The van der Waals surface area contributed by atoms with Gasteiger partial charge in [0.05, 0.1) is 4.92 Å². The van der Waals surface area contributed by atoms with Crippen molar-refractivity contribution < 1.29 is 9.72 Å². The van der Waals surface area contributed by atoms with Crippen molar-refractivity contribution >= 4 is 11.6 Å². The summed E-state index contributed by atoms with van der Waals surface area (Å²) in [6, 6.07) is 5.59. The lowest BCUT2D eigenvalue weighted by Crippen LogP contribution is -2.47. The number of rotatable bonds is 2. The van der Waals surface area contributed by atoms with E-state index in [0.29, 0.717) is 13.1 Å². The molecule has 6 heteroatoms. The lowest BCUT2D eigenvalue weighted by Gasteiger charge is -2.23. The number of non-ortho nitro benzene ring substituents is 1. The van der Waals surface area contributed by atoms with E-state index in [0.717, 1.165) is 5.56 Å². The molecule has 0 bridgehead atoms. The second-order valence-electron chi connectivity index (χ2n) is 3.53. The molecule has 1 aromatic carbocycles. The Hall–Kier alpha value is -1.95. The van der Waals surface area contributed by atoms with Gasteiger partial charge in [-0.3, -0.25) is 14.9 Å². The zero-order valence-electron chi connectivity index (χ0n) is 8.47. The molecular formula is C10H11N3O3. The van der Waals surface area contributed by atoms with Gasteiger partial charge in [0.2, 0.25) is 5.91 Å². The van der Waals surface area contributed by atoms with Gasteiger partial charge in [0.1, 0.15) is 6.04 Å². The molecule has 2 N–H and O–H groups in total. The molecule has 1 aliphatic rings. The Balaban J connectivity index is 2.20. The number of nitro benzene ring substituents is 1. The molecule has 0 radical (unpaired) electrons. The number of carbonyl (C=O) groups excluding carboxylic acids is 1. The van der Waals surface area contributed by atoms with Crippen molar-refractivity contribution in [2.24, 2.45) is 0 Å². The zero-order valence-corrected chi connectivity index (χ0v) is 8.47. The number of hydrogen-bond donors (Lipinski definition) is 2. The zero-order chi connectivity index (χ0) is 11.5. The molecule has 0 saturated carbocycles. The molecule has 1 saturated heterocycles. The van der Waals surface area contributed by atoms with Crippen LogP contribution in [-0.4, -0.2) is 23.9 Å². The minimum absolute atomic E-state index is 0.0277. The van der Waals surface area contributed by atoms with E-state index >= 15 is 0 Å². The maximum absolute atomic E-state index is 11.5. The highest BCUT2D eigenvalue weighted by Crippen LogP contribution is 2.18. The minimum atomic E-state index is -0.460. The second-order valence-corrected chi connectivity index (χ2v) is 3.53. The van der Waals surface area contributed by atoms with Crippen molar-refractivity contribution in [1.29, 1.82) is 0 Å². The van der Waals surface area contributed by atoms with Crippen molar-refractivity contribution in [1.82, 2.24) is 10.6 Å². The highest BCUT2D eigenvalue weighted by molar-refractivity contribution is 5.83. The summed E-state index contributed by atoms with van der Waals surface area (Å²) in [6.45, 7) is 1.32. The highest BCUT2D eigenvalue weighted by atomic mass is 16.6. The Morgan fingerprint density at radius 1 is 1.25 bits per heavy atom. The third-order valence-corrected chi connectivity index (χ3v) is 2.47. The van der Waals surface area contributed by atoms with E-state index in [2.05, 4.69) is 10.6 Å². The fourth-order valence-corrected chi connectivity index (χ4v) is 1.65. The van der Waals surface area contributed by atoms with Crippen LogP contribution in [0.1, 0.15) is 11.6 Å². The molecule has 1 heterocycles. The van der Waals surface area contributed by atoms with Crippen molar-refractivity contribution in [3.8, 4) is 0 Å². The highest BCUT2D eigenvalue weighted by Gasteiger charge is 2.23. The van der Waals surface area contributed by atoms with Crippen LogP contribution in [0.2, 0.25) is 0 Å². The molecule has 1 aromatic rings. The minimum Gasteiger partial charge on any atom is -0.353 e. The number of nitrogens with one attached hydrogen (secondary N) is 2. The Kier molecular flexibility index (Phi) is 2.82. The number of benzene rings is 1. The van der Waals surface area contributed by atoms with Gasteiger partial charge in [-0.05, 0) is 5.56 Å². The van der Waals surface area contributed by atoms with Crippen LogP contribution in [0, 0.1) is 10.1 Å². The van der Waals surface area contributed by atoms with Crippen LogP contribution in [-0.2, 0) is 4.79 Å². The summed E-state index contributed by atoms with van der Waals surface area (Å²) in [4.78, 5) is 21.5. The first-order chi connectivity index (χ1) is 7.68. The molecule has 1 aliphatic heterocycles. The summed E-state index contributed by atoms with van der Waals surface area (Å²) in [6.07, 6.45) is 0. The van der Waals surface area contributed by atoms with Crippen LogP contribution < -0.4 is 10.6 Å². The smallest absolute Gasteiger partial charge is 0.269 e. The summed E-state index contributed by atoms with van der Waals surface area (Å²) in [5, 5.41) is 16.2. The lowest BCUT2D eigenvalue weighted by atomic mass is 10.0. The van der Waals surface area contributed by atoms with Crippen LogP contribution in [0.3, 0.4) is 0 Å². The van der Waals surface area contributed by atoms with Gasteiger partial charge < -0.3 is 10.6 Å². The summed E-state index contributed by atoms with van der Waals surface area (Å²) in [7, 11) is 0. The molecular weight excluding hydrogens is 210 g/mol. The number of nitro groups is 1. The fraction of sp³-hybridized carbons (Fsp3) is 0.300. The summed E-state index contributed by atoms with van der Waals surface area (Å²) in [5.74, 6) is -0.0971. The van der Waals surface area contributed by atoms with Crippen LogP contribution in [0.5, 0.6) is 0 Å². The maximum atomic E-state index is 11.5. The second kappa shape index (κ2) is 4.28. The van der Waals surface area contributed by atoms with Crippen molar-refractivity contribution in [2.45, 2.75) is 6.04 Å². The van der Waals surface area contributed by atoms with Crippen molar-refractivity contribution in [2.75, 3.05) is 13.1 Å². The van der Waals surface area contributed by atoms with Gasteiger partial charge in [0, 0.05) is 25.2 Å². The molecule has 84 valence electrons. The van der Waals surface area contributed by atoms with E-state index in [9.17, 15) is 14.9 Å². The van der Waals surface area contributed by atoms with Gasteiger partial charge in [-0.15, -0.1) is 0 Å². The van der Waals surface area contributed by atoms with Crippen LogP contribution in [0.4, 0.5) is 5.69 Å². The van der Waals surface area contributed by atoms with Gasteiger partial charge >= 0.3 is 0 Å². The standard InChI is InChI=1S/C10H11N3O3/c14-10-9(11-5-6-12-10)7-1-3-8(4-2-7)13(15)16/h1-4,9,11H,5-6H2,(H,12,14)/t9-/m1/s1. The normalized spacial score (nSPS) is 20.2. The third-order valence-electron chi connectivity index (χ3n) is 2.47. The Morgan fingerprint density at radius 3 is 2.50 bits per heavy atom. The quantitative estimate of drug-likeness (QED) is 0.557. The average Bonchev–Trinajstić information content (AvgIpc) is 2.30. The van der Waals surface area contributed by atoms with Gasteiger partial charge in [-0.25, -0.2) is 0 Å². The number of hydrogen-bond acceptors (Lipinski definition) is 4. The topological polar surface area (TPSA) is 84.3 Å². The van der Waals surface area contributed by atoms with E-state index in [1.54, 1.807) is 12.1 Å². The first-order valence-corrected chi connectivity index (χ1v) is 4.94. The van der Waals surface area contributed by atoms with Crippen LogP contribution in [0.15, 0.2) is 24.3 Å². The molecule has 0 aliphatic carbocycles. The predicted molar refractivity (Wildman–Crippen MR) is 56.8 cm³/mol. The Labute approximate surface area is 91.8 Å². The molecule has 6 nitrogen and oxygen atoms in total. The SMILES string of the molecule is O=C1NCCN[C@@H]1c1ccc([N+](=O)[O-])cc1. The van der Waals surface area contributed by atoms with E-state index in [-0.39, 0.29) is 11.6 Å². The molecule has 1 fully saturated rings.